The summed E-state index contributed by atoms with van der Waals surface area (Å²) in [7, 11) is -3.44. The minimum absolute atomic E-state index is 0.304. The number of anilines is 1. The zero-order valence-corrected chi connectivity index (χ0v) is 9.39. The van der Waals surface area contributed by atoms with Crippen LogP contribution in [-0.4, -0.2) is 25.0 Å². The Hall–Kier alpha value is -1.91. The van der Waals surface area contributed by atoms with Gasteiger partial charge in [0.25, 0.3) is 10.1 Å². The van der Waals surface area contributed by atoms with Crippen LogP contribution in [0.5, 0.6) is 5.75 Å². The molecule has 0 aromatic heterocycles. The summed E-state index contributed by atoms with van der Waals surface area (Å²) >= 11 is 0. The van der Waals surface area contributed by atoms with E-state index in [0.29, 0.717) is 0 Å². The molecule has 0 aliphatic rings. The van der Waals surface area contributed by atoms with Gasteiger partial charge in [-0.05, 0) is 0 Å². The number of benzene rings is 1. The lowest BCUT2D eigenvalue weighted by Gasteiger charge is -2.08. The summed E-state index contributed by atoms with van der Waals surface area (Å²) in [6.07, 6.45) is 0. The Labute approximate surface area is 96.1 Å². The molecule has 0 spiro atoms. The number of nitrogens with two attached hydrogens (primary N) is 1. The van der Waals surface area contributed by atoms with Gasteiger partial charge in [0, 0.05) is 12.1 Å². The van der Waals surface area contributed by atoms with Crippen LogP contribution in [0.4, 0.5) is 11.4 Å². The van der Waals surface area contributed by atoms with Crippen molar-refractivity contribution in [3.05, 3.63) is 22.2 Å². The van der Waals surface area contributed by atoms with E-state index in [1.54, 1.807) is 0 Å². The summed E-state index contributed by atoms with van der Waals surface area (Å²) in [4.78, 5) is 9.28. The normalized spacial score (nSPS) is 11.0. The number of methoxy groups -OCH3 is 1. The van der Waals surface area contributed by atoms with Gasteiger partial charge in [-0.2, -0.15) is 8.42 Å². The van der Waals surface area contributed by atoms with E-state index >= 15 is 0 Å². The van der Waals surface area contributed by atoms with Crippen molar-refractivity contribution in [2.45, 2.75) is 4.90 Å². The Kier molecular flexibility index (Phi) is 3.50. The standard InChI is InChI=1S/C7H9N3O6S/c1-16-6-3-7(17(13,14)15)4(9-8)2-5(6)10(11)12/h2-3,9H,8H2,1H3,(H,13,14,15). The third-order valence-electron chi connectivity index (χ3n) is 1.91. The van der Waals surface area contributed by atoms with E-state index in [9.17, 15) is 18.5 Å². The number of hydrazine groups is 1. The van der Waals surface area contributed by atoms with Crippen molar-refractivity contribution in [3.8, 4) is 5.75 Å². The molecule has 0 bridgehead atoms. The first-order chi connectivity index (χ1) is 7.81. The summed E-state index contributed by atoms with van der Waals surface area (Å²) in [5.41, 5.74) is 1.17. The lowest BCUT2D eigenvalue weighted by Crippen LogP contribution is -2.12. The first-order valence-corrected chi connectivity index (χ1v) is 5.55. The summed E-state index contributed by atoms with van der Waals surface area (Å²) in [6.45, 7) is 0. The predicted molar refractivity (Wildman–Crippen MR) is 57.3 cm³/mol. The summed E-state index contributed by atoms with van der Waals surface area (Å²) in [5.74, 6) is 4.71. The van der Waals surface area contributed by atoms with Gasteiger partial charge < -0.3 is 10.2 Å². The van der Waals surface area contributed by atoms with Gasteiger partial charge >= 0.3 is 5.69 Å². The number of nitro benzene ring substituents is 1. The fourth-order valence-corrected chi connectivity index (χ4v) is 1.83. The zero-order valence-electron chi connectivity index (χ0n) is 8.58. The van der Waals surface area contributed by atoms with Gasteiger partial charge in [0.1, 0.15) is 4.90 Å². The molecule has 0 amide bonds. The van der Waals surface area contributed by atoms with Crippen LogP contribution >= 0.6 is 0 Å². The van der Waals surface area contributed by atoms with E-state index in [4.69, 9.17) is 10.4 Å². The van der Waals surface area contributed by atoms with Crippen molar-refractivity contribution in [1.82, 2.24) is 0 Å². The van der Waals surface area contributed by atoms with Crippen molar-refractivity contribution in [2.75, 3.05) is 12.5 Å². The van der Waals surface area contributed by atoms with Gasteiger partial charge in [0.2, 0.25) is 0 Å². The second-order valence-corrected chi connectivity index (χ2v) is 4.29. The Bertz CT molecular complexity index is 555. The molecule has 94 valence electrons. The van der Waals surface area contributed by atoms with Crippen LogP contribution in [0.25, 0.3) is 0 Å². The number of hydrogen-bond acceptors (Lipinski definition) is 7. The van der Waals surface area contributed by atoms with Gasteiger partial charge in [0.15, 0.2) is 5.75 Å². The molecule has 0 saturated carbocycles. The minimum Gasteiger partial charge on any atom is -0.490 e. The van der Waals surface area contributed by atoms with E-state index in [1.165, 1.54) is 0 Å². The Balaban J connectivity index is 3.61. The minimum atomic E-state index is -4.57. The van der Waals surface area contributed by atoms with Crippen molar-refractivity contribution in [3.63, 3.8) is 0 Å². The molecule has 1 aromatic carbocycles. The maximum absolute atomic E-state index is 11.0. The molecule has 0 aliphatic carbocycles. The van der Waals surface area contributed by atoms with Crippen LogP contribution < -0.4 is 16.0 Å². The highest BCUT2D eigenvalue weighted by molar-refractivity contribution is 7.86. The van der Waals surface area contributed by atoms with E-state index in [1.807, 2.05) is 5.43 Å². The van der Waals surface area contributed by atoms with Gasteiger partial charge in [-0.25, -0.2) is 0 Å². The number of nitrogen functional groups attached to an aromatic ring is 1. The summed E-state index contributed by atoms with van der Waals surface area (Å²) < 4.78 is 35.6. The maximum Gasteiger partial charge on any atom is 0.313 e. The van der Waals surface area contributed by atoms with Crippen LogP contribution in [-0.2, 0) is 10.1 Å². The zero-order chi connectivity index (χ0) is 13.2. The molecule has 0 unspecified atom stereocenters. The van der Waals surface area contributed by atoms with Crippen LogP contribution in [0.2, 0.25) is 0 Å². The summed E-state index contributed by atoms with van der Waals surface area (Å²) in [5, 5.41) is 10.7. The molecule has 1 aromatic rings. The second kappa shape index (κ2) is 4.53. The predicted octanol–water partition coefficient (Wildman–Crippen LogP) is 0.136. The SMILES string of the molecule is COc1cc(S(=O)(=O)O)c(NN)cc1[N+](=O)[O-]. The number of nitrogens with one attached hydrogen (secondary N) is 1. The van der Waals surface area contributed by atoms with Gasteiger partial charge in [-0.1, -0.05) is 0 Å². The average molecular weight is 263 g/mol. The molecular weight excluding hydrogens is 254 g/mol. The molecule has 0 heterocycles. The number of hydrogen-bond donors (Lipinski definition) is 3. The van der Waals surface area contributed by atoms with Crippen LogP contribution in [0.3, 0.4) is 0 Å². The van der Waals surface area contributed by atoms with E-state index in [2.05, 4.69) is 4.74 Å². The highest BCUT2D eigenvalue weighted by Gasteiger charge is 2.24. The number of ether oxygens (including phenoxy) is 1. The fraction of sp³-hybridized carbons (Fsp3) is 0.143. The third kappa shape index (κ3) is 2.61. The summed E-state index contributed by atoms with van der Waals surface area (Å²) in [6, 6.07) is 1.66. The Morgan fingerprint density at radius 1 is 1.53 bits per heavy atom. The second-order valence-electron chi connectivity index (χ2n) is 2.90. The van der Waals surface area contributed by atoms with Gasteiger partial charge in [0.05, 0.1) is 17.7 Å². The third-order valence-corrected chi connectivity index (χ3v) is 2.80. The highest BCUT2D eigenvalue weighted by Crippen LogP contribution is 2.34. The van der Waals surface area contributed by atoms with E-state index in [-0.39, 0.29) is 11.4 Å². The van der Waals surface area contributed by atoms with Crippen LogP contribution in [0, 0.1) is 10.1 Å². The fourth-order valence-electron chi connectivity index (χ4n) is 1.18. The quantitative estimate of drug-likeness (QED) is 0.301. The molecule has 0 aliphatic heterocycles. The Morgan fingerprint density at radius 3 is 2.47 bits per heavy atom. The van der Waals surface area contributed by atoms with E-state index in [0.717, 1.165) is 19.2 Å². The molecule has 1 rings (SSSR count). The average Bonchev–Trinajstić information content (AvgIpc) is 2.25. The molecular formula is C7H9N3O6S. The molecule has 4 N–H and O–H groups in total. The maximum atomic E-state index is 11.0. The number of rotatable bonds is 4. The molecule has 0 radical (unpaired) electrons. The molecule has 9 nitrogen and oxygen atoms in total. The highest BCUT2D eigenvalue weighted by atomic mass is 32.2. The number of nitrogens with zero attached hydrogens (tertiary/aromatic N) is 1. The molecule has 0 fully saturated rings. The first kappa shape index (κ1) is 13.2. The largest absolute Gasteiger partial charge is 0.490 e. The number of nitro groups is 1. The Morgan fingerprint density at radius 2 is 2.12 bits per heavy atom. The van der Waals surface area contributed by atoms with Crippen LogP contribution in [0.1, 0.15) is 0 Å². The van der Waals surface area contributed by atoms with Gasteiger partial charge in [-0.15, -0.1) is 0 Å². The van der Waals surface area contributed by atoms with Crippen molar-refractivity contribution in [2.24, 2.45) is 5.84 Å². The van der Waals surface area contributed by atoms with E-state index < -0.39 is 25.6 Å². The molecule has 10 heteroatoms. The monoisotopic (exact) mass is 263 g/mol. The smallest absolute Gasteiger partial charge is 0.313 e. The topological polar surface area (TPSA) is 145 Å². The van der Waals surface area contributed by atoms with Crippen molar-refractivity contribution >= 4 is 21.5 Å². The van der Waals surface area contributed by atoms with Crippen molar-refractivity contribution < 1.29 is 22.6 Å². The molecule has 0 atom stereocenters. The first-order valence-electron chi connectivity index (χ1n) is 4.11. The van der Waals surface area contributed by atoms with Crippen LogP contribution in [0.15, 0.2) is 17.0 Å². The molecule has 0 saturated heterocycles. The van der Waals surface area contributed by atoms with Gasteiger partial charge in [-0.3, -0.25) is 20.5 Å². The van der Waals surface area contributed by atoms with Crippen molar-refractivity contribution in [1.29, 1.82) is 0 Å². The lowest BCUT2D eigenvalue weighted by molar-refractivity contribution is -0.385. The lowest BCUT2D eigenvalue weighted by atomic mass is 10.2. The molecule has 17 heavy (non-hydrogen) atoms.